The van der Waals surface area contributed by atoms with E-state index in [1.165, 1.54) is 6.07 Å². The molecule has 0 saturated heterocycles. The molecule has 22 heavy (non-hydrogen) atoms. The summed E-state index contributed by atoms with van der Waals surface area (Å²) in [5.74, 6) is -0.396. The number of hydrogen-bond acceptors (Lipinski definition) is 2. The molecule has 1 aromatic rings. The fraction of sp³-hybridized carbons (Fsp3) is 0.625. The van der Waals surface area contributed by atoms with Crippen LogP contribution in [-0.2, 0) is 8.99 Å². The molecule has 0 aromatic heterocycles. The van der Waals surface area contributed by atoms with E-state index in [9.17, 15) is 8.96 Å². The van der Waals surface area contributed by atoms with Crippen molar-refractivity contribution in [1.82, 2.24) is 0 Å². The van der Waals surface area contributed by atoms with E-state index in [-0.39, 0.29) is 5.04 Å². The maximum atomic E-state index is 14.1. The first-order valence-electron chi connectivity index (χ1n) is 7.60. The molecular formula is C16H27BrFO2PSi. The van der Waals surface area contributed by atoms with E-state index < -0.39 is 21.3 Å². The molecule has 126 valence electrons. The lowest BCUT2D eigenvalue weighted by Crippen LogP contribution is -2.41. The van der Waals surface area contributed by atoms with Gasteiger partial charge in [0.2, 0.25) is 0 Å². The molecule has 2 nitrogen and oxygen atoms in total. The molecule has 0 radical (unpaired) electrons. The Bertz CT molecular complexity index is 570. The number of rotatable bonds is 6. The molecule has 6 heteroatoms. The Labute approximate surface area is 143 Å². The van der Waals surface area contributed by atoms with Crippen molar-refractivity contribution in [3.63, 3.8) is 0 Å². The summed E-state index contributed by atoms with van der Waals surface area (Å²) < 4.78 is 34.1. The molecule has 0 aliphatic rings. The molecule has 1 unspecified atom stereocenters. The van der Waals surface area contributed by atoms with Gasteiger partial charge in [-0.05, 0) is 36.3 Å². The van der Waals surface area contributed by atoms with Crippen molar-refractivity contribution in [2.45, 2.75) is 45.8 Å². The van der Waals surface area contributed by atoms with Gasteiger partial charge in [-0.2, -0.15) is 0 Å². The first kappa shape index (κ1) is 20.1. The molecule has 0 fully saturated rings. The molecule has 0 amide bonds. The Morgan fingerprint density at radius 1 is 1.32 bits per heavy atom. The van der Waals surface area contributed by atoms with Gasteiger partial charge in [-0.15, -0.1) is 0 Å². The minimum atomic E-state index is -2.75. The lowest BCUT2D eigenvalue weighted by atomic mass is 10.2. The van der Waals surface area contributed by atoms with Gasteiger partial charge in [-0.3, -0.25) is 0 Å². The van der Waals surface area contributed by atoms with Crippen molar-refractivity contribution in [3.05, 3.63) is 28.5 Å². The molecule has 0 aliphatic carbocycles. The van der Waals surface area contributed by atoms with Crippen molar-refractivity contribution < 1.29 is 13.4 Å². The Morgan fingerprint density at radius 3 is 2.36 bits per heavy atom. The summed E-state index contributed by atoms with van der Waals surface area (Å²) in [5, 5.41) is 0.462. The summed E-state index contributed by atoms with van der Waals surface area (Å²) in [4.78, 5) is 0. The van der Waals surface area contributed by atoms with E-state index in [0.717, 1.165) is 0 Å². The second-order valence-electron chi connectivity index (χ2n) is 7.13. The molecular weight excluding hydrogens is 382 g/mol. The zero-order valence-corrected chi connectivity index (χ0v) is 17.9. The van der Waals surface area contributed by atoms with Crippen LogP contribution in [0.5, 0.6) is 0 Å². The zero-order valence-electron chi connectivity index (χ0n) is 14.4. The predicted molar refractivity (Wildman–Crippen MR) is 99.9 cm³/mol. The highest BCUT2D eigenvalue weighted by molar-refractivity contribution is 9.10. The summed E-state index contributed by atoms with van der Waals surface area (Å²) in [5.41, 5.74) is 0. The fourth-order valence-electron chi connectivity index (χ4n) is 1.93. The van der Waals surface area contributed by atoms with Crippen LogP contribution < -0.4 is 5.30 Å². The minimum Gasteiger partial charge on any atom is -0.416 e. The topological polar surface area (TPSA) is 26.3 Å². The van der Waals surface area contributed by atoms with Gasteiger partial charge < -0.3 is 8.99 Å². The largest absolute Gasteiger partial charge is 0.416 e. The predicted octanol–water partition coefficient (Wildman–Crippen LogP) is 5.62. The monoisotopic (exact) mass is 408 g/mol. The van der Waals surface area contributed by atoms with Crippen LogP contribution in [0.1, 0.15) is 27.7 Å². The van der Waals surface area contributed by atoms with Gasteiger partial charge in [0.1, 0.15) is 13.0 Å². The third kappa shape index (κ3) is 4.77. The Kier molecular flexibility index (Phi) is 6.65. The third-order valence-corrected chi connectivity index (χ3v) is 12.8. The first-order valence-corrected chi connectivity index (χ1v) is 13.4. The van der Waals surface area contributed by atoms with E-state index >= 15 is 0 Å². The van der Waals surface area contributed by atoms with Gasteiger partial charge >= 0.3 is 0 Å². The van der Waals surface area contributed by atoms with Crippen molar-refractivity contribution >= 4 is 36.7 Å². The highest BCUT2D eigenvalue weighted by Crippen LogP contribution is 2.45. The van der Waals surface area contributed by atoms with Crippen molar-refractivity contribution in [2.75, 3.05) is 18.9 Å². The number of benzene rings is 1. The van der Waals surface area contributed by atoms with Crippen molar-refractivity contribution in [2.24, 2.45) is 0 Å². The van der Waals surface area contributed by atoms with E-state index in [4.69, 9.17) is 4.43 Å². The molecule has 1 atom stereocenters. The van der Waals surface area contributed by atoms with Crippen LogP contribution in [0.15, 0.2) is 22.7 Å². The van der Waals surface area contributed by atoms with E-state index in [1.807, 2.05) is 6.92 Å². The van der Waals surface area contributed by atoms with Crippen LogP contribution in [-0.4, -0.2) is 27.2 Å². The molecule has 1 rings (SSSR count). The molecule has 1 aromatic carbocycles. The number of hydrogen-bond donors (Lipinski definition) is 0. The summed E-state index contributed by atoms with van der Waals surface area (Å²) in [6.45, 7) is 13.1. The average molecular weight is 409 g/mol. The van der Waals surface area contributed by atoms with Crippen molar-refractivity contribution in [1.29, 1.82) is 0 Å². The quantitative estimate of drug-likeness (QED) is 0.450. The molecule has 0 spiro atoms. The summed E-state index contributed by atoms with van der Waals surface area (Å²) in [6.07, 6.45) is 0.848. The van der Waals surface area contributed by atoms with Gasteiger partial charge in [0, 0.05) is 28.7 Å². The van der Waals surface area contributed by atoms with Crippen LogP contribution in [0.25, 0.3) is 0 Å². The summed E-state index contributed by atoms with van der Waals surface area (Å²) in [6, 6.07) is 4.76. The maximum absolute atomic E-state index is 14.1. The standard InChI is InChI=1S/C16H27BrFO2PSi/c1-7-21(19,15-9-8-13(17)12-14(15)18)11-10-20-22(5,6)16(2,3)4/h8-9,12H,7,10-11H2,1-6H3. The van der Waals surface area contributed by atoms with E-state index in [2.05, 4.69) is 49.8 Å². The minimum absolute atomic E-state index is 0.117. The average Bonchev–Trinajstić information content (AvgIpc) is 2.36. The first-order chi connectivity index (χ1) is 9.93. The Morgan fingerprint density at radius 2 is 1.91 bits per heavy atom. The fourth-order valence-corrected chi connectivity index (χ4v) is 5.56. The molecule has 0 heterocycles. The second-order valence-corrected chi connectivity index (χ2v) is 16.2. The maximum Gasteiger partial charge on any atom is 0.191 e. The van der Waals surface area contributed by atoms with Gasteiger partial charge in [0.05, 0.1) is 0 Å². The molecule has 0 bridgehead atoms. The van der Waals surface area contributed by atoms with Crippen LogP contribution >= 0.6 is 23.1 Å². The lowest BCUT2D eigenvalue weighted by molar-refractivity contribution is 0.309. The molecule has 0 aliphatic heterocycles. The van der Waals surface area contributed by atoms with Crippen LogP contribution in [0.2, 0.25) is 18.1 Å². The summed E-state index contributed by atoms with van der Waals surface area (Å²) in [7, 11) is -4.61. The normalized spacial score (nSPS) is 15.6. The van der Waals surface area contributed by atoms with Crippen molar-refractivity contribution in [3.8, 4) is 0 Å². The number of halogens is 2. The zero-order chi connectivity index (χ0) is 17.2. The molecule has 0 saturated carbocycles. The van der Waals surface area contributed by atoms with Crippen LogP contribution in [0.3, 0.4) is 0 Å². The van der Waals surface area contributed by atoms with E-state index in [1.54, 1.807) is 12.1 Å². The van der Waals surface area contributed by atoms with Gasteiger partial charge in [-0.25, -0.2) is 4.39 Å². The molecule has 0 N–H and O–H groups in total. The highest BCUT2D eigenvalue weighted by atomic mass is 79.9. The van der Waals surface area contributed by atoms with Crippen LogP contribution in [0, 0.1) is 5.82 Å². The lowest BCUT2D eigenvalue weighted by Gasteiger charge is -2.36. The van der Waals surface area contributed by atoms with E-state index in [0.29, 0.717) is 28.7 Å². The second kappa shape index (κ2) is 7.29. The Hall–Kier alpha value is 0.0369. The van der Waals surface area contributed by atoms with Gasteiger partial charge in [-0.1, -0.05) is 43.6 Å². The van der Waals surface area contributed by atoms with Crippen LogP contribution in [0.4, 0.5) is 4.39 Å². The SMILES string of the molecule is CCP(=O)(CCO[Si](C)(C)C(C)(C)C)c1ccc(Br)cc1F. The summed E-state index contributed by atoms with van der Waals surface area (Å²) >= 11 is 3.24. The highest BCUT2D eigenvalue weighted by Gasteiger charge is 2.37. The smallest absolute Gasteiger partial charge is 0.191 e. The van der Waals surface area contributed by atoms with Gasteiger partial charge in [0.15, 0.2) is 8.32 Å². The van der Waals surface area contributed by atoms with Gasteiger partial charge in [0.25, 0.3) is 0 Å². The Balaban J connectivity index is 2.87. The third-order valence-electron chi connectivity index (χ3n) is 4.58.